The van der Waals surface area contributed by atoms with Gasteiger partial charge in [0.2, 0.25) is 0 Å². The van der Waals surface area contributed by atoms with Gasteiger partial charge in [-0.15, -0.1) is 0 Å². The van der Waals surface area contributed by atoms with Crippen molar-refractivity contribution in [1.29, 1.82) is 0 Å². The first-order valence-corrected chi connectivity index (χ1v) is 5.00. The molecule has 0 spiro atoms. The monoisotopic (exact) mass is 230 g/mol. The minimum atomic E-state index is -1.10. The van der Waals surface area contributed by atoms with Crippen LogP contribution in [0.25, 0.3) is 0 Å². The Morgan fingerprint density at radius 1 is 1.24 bits per heavy atom. The molecule has 5 heteroatoms. The molecule has 1 N–H and O–H groups in total. The van der Waals surface area contributed by atoms with Crippen molar-refractivity contribution in [3.05, 3.63) is 54.1 Å². The number of carbonyl (C=O) groups excluding carboxylic acids is 1. The molecule has 1 heterocycles. The standard InChI is InChI=1S/C12H10N2O3/c15-11(9-4-2-1-3-5-9)7-14-6-10(12(16)17)13-8-14/h1-6,8H,7H2,(H,16,17). The highest BCUT2D eigenvalue weighted by molar-refractivity contribution is 5.96. The van der Waals surface area contributed by atoms with Crippen LogP contribution < -0.4 is 0 Å². The number of carbonyl (C=O) groups is 2. The van der Waals surface area contributed by atoms with E-state index < -0.39 is 5.97 Å². The van der Waals surface area contributed by atoms with Crippen LogP contribution in [0, 0.1) is 0 Å². The minimum Gasteiger partial charge on any atom is -0.476 e. The van der Waals surface area contributed by atoms with Gasteiger partial charge in [-0.25, -0.2) is 9.78 Å². The van der Waals surface area contributed by atoms with E-state index in [1.54, 1.807) is 24.3 Å². The highest BCUT2D eigenvalue weighted by atomic mass is 16.4. The normalized spacial score (nSPS) is 10.1. The maximum absolute atomic E-state index is 11.8. The fraction of sp³-hybridized carbons (Fsp3) is 0.0833. The van der Waals surface area contributed by atoms with Gasteiger partial charge in [0.25, 0.3) is 0 Å². The van der Waals surface area contributed by atoms with Gasteiger partial charge in [-0.05, 0) is 0 Å². The molecule has 2 aromatic rings. The molecule has 0 saturated carbocycles. The topological polar surface area (TPSA) is 72.2 Å². The van der Waals surface area contributed by atoms with Gasteiger partial charge in [0.1, 0.15) is 0 Å². The van der Waals surface area contributed by atoms with E-state index in [-0.39, 0.29) is 18.0 Å². The van der Waals surface area contributed by atoms with E-state index >= 15 is 0 Å². The molecule has 0 aliphatic heterocycles. The third-order valence-corrected chi connectivity index (χ3v) is 2.27. The van der Waals surface area contributed by atoms with Crippen molar-refractivity contribution in [2.24, 2.45) is 0 Å². The zero-order chi connectivity index (χ0) is 12.3. The molecule has 0 radical (unpaired) electrons. The Hall–Kier alpha value is -2.43. The minimum absolute atomic E-state index is 0.0640. The van der Waals surface area contributed by atoms with Crippen LogP contribution in [-0.4, -0.2) is 26.4 Å². The third kappa shape index (κ3) is 2.57. The smallest absolute Gasteiger partial charge is 0.356 e. The average molecular weight is 230 g/mol. The molecule has 0 atom stereocenters. The highest BCUT2D eigenvalue weighted by Gasteiger charge is 2.10. The molecule has 0 bridgehead atoms. The van der Waals surface area contributed by atoms with Gasteiger partial charge >= 0.3 is 5.97 Å². The number of benzene rings is 1. The van der Waals surface area contributed by atoms with E-state index in [1.165, 1.54) is 17.1 Å². The molecule has 86 valence electrons. The number of rotatable bonds is 4. The van der Waals surface area contributed by atoms with Gasteiger partial charge in [-0.1, -0.05) is 30.3 Å². The lowest BCUT2D eigenvalue weighted by molar-refractivity contribution is 0.0690. The van der Waals surface area contributed by atoms with Gasteiger partial charge in [-0.2, -0.15) is 0 Å². The lowest BCUT2D eigenvalue weighted by Gasteiger charge is -2.00. The maximum Gasteiger partial charge on any atom is 0.356 e. The number of nitrogens with zero attached hydrogens (tertiary/aromatic N) is 2. The fourth-order valence-corrected chi connectivity index (χ4v) is 1.44. The molecule has 0 unspecified atom stereocenters. The first-order chi connectivity index (χ1) is 8.16. The first kappa shape index (κ1) is 11.1. The lowest BCUT2D eigenvalue weighted by Crippen LogP contribution is -2.08. The van der Waals surface area contributed by atoms with Gasteiger partial charge in [-0.3, -0.25) is 4.79 Å². The number of imidazole rings is 1. The van der Waals surface area contributed by atoms with Crippen LogP contribution in [0.15, 0.2) is 42.9 Å². The molecular formula is C12H10N2O3. The first-order valence-electron chi connectivity index (χ1n) is 5.00. The molecule has 17 heavy (non-hydrogen) atoms. The second-order valence-corrected chi connectivity index (χ2v) is 3.53. The number of aromatic nitrogens is 2. The van der Waals surface area contributed by atoms with Crippen LogP contribution in [0.2, 0.25) is 0 Å². The molecule has 0 fully saturated rings. The number of ketones is 1. The Kier molecular flexibility index (Phi) is 3.00. The van der Waals surface area contributed by atoms with E-state index in [2.05, 4.69) is 4.98 Å². The van der Waals surface area contributed by atoms with Crippen molar-refractivity contribution < 1.29 is 14.7 Å². The number of hydrogen-bond donors (Lipinski definition) is 1. The summed E-state index contributed by atoms with van der Waals surface area (Å²) in [5, 5.41) is 8.69. The number of hydrogen-bond acceptors (Lipinski definition) is 3. The summed E-state index contributed by atoms with van der Waals surface area (Å²) in [6.45, 7) is 0.0876. The summed E-state index contributed by atoms with van der Waals surface area (Å²) in [5.74, 6) is -1.18. The van der Waals surface area contributed by atoms with E-state index in [9.17, 15) is 9.59 Å². The second-order valence-electron chi connectivity index (χ2n) is 3.53. The summed E-state index contributed by atoms with van der Waals surface area (Å²) in [4.78, 5) is 26.1. The maximum atomic E-state index is 11.8. The third-order valence-electron chi connectivity index (χ3n) is 2.27. The summed E-state index contributed by atoms with van der Waals surface area (Å²) in [5.41, 5.74) is 0.531. The molecule has 5 nitrogen and oxygen atoms in total. The Morgan fingerprint density at radius 2 is 1.94 bits per heavy atom. The predicted octanol–water partition coefficient (Wildman–Crippen LogP) is 1.46. The van der Waals surface area contributed by atoms with Gasteiger partial charge in [0.15, 0.2) is 11.5 Å². The van der Waals surface area contributed by atoms with Crippen LogP contribution in [-0.2, 0) is 6.54 Å². The van der Waals surface area contributed by atoms with Crippen molar-refractivity contribution in [3.63, 3.8) is 0 Å². The van der Waals surface area contributed by atoms with Crippen molar-refractivity contribution in [2.75, 3.05) is 0 Å². The summed E-state index contributed by atoms with van der Waals surface area (Å²) in [7, 11) is 0. The largest absolute Gasteiger partial charge is 0.476 e. The summed E-state index contributed by atoms with van der Waals surface area (Å²) >= 11 is 0. The number of carboxylic acid groups (broad SMARTS) is 1. The number of Topliss-reactive ketones (excluding diaryl/α,β-unsaturated/α-hetero) is 1. The van der Waals surface area contributed by atoms with Crippen LogP contribution in [0.5, 0.6) is 0 Å². The zero-order valence-corrected chi connectivity index (χ0v) is 8.91. The van der Waals surface area contributed by atoms with Crippen molar-refractivity contribution in [1.82, 2.24) is 9.55 Å². The van der Waals surface area contributed by atoms with E-state index in [0.29, 0.717) is 5.56 Å². The molecule has 1 aromatic heterocycles. The van der Waals surface area contributed by atoms with Gasteiger partial charge in [0, 0.05) is 11.8 Å². The average Bonchev–Trinajstić information content (AvgIpc) is 2.79. The van der Waals surface area contributed by atoms with Crippen LogP contribution in [0.3, 0.4) is 0 Å². The quantitative estimate of drug-likeness (QED) is 0.807. The summed E-state index contributed by atoms with van der Waals surface area (Å²) in [6.07, 6.45) is 2.67. The Balaban J connectivity index is 2.11. The van der Waals surface area contributed by atoms with Gasteiger partial charge < -0.3 is 9.67 Å². The second kappa shape index (κ2) is 4.61. The fourth-order valence-electron chi connectivity index (χ4n) is 1.44. The van der Waals surface area contributed by atoms with E-state index in [1.807, 2.05) is 6.07 Å². The molecule has 0 aliphatic carbocycles. The van der Waals surface area contributed by atoms with Crippen LogP contribution in [0.1, 0.15) is 20.8 Å². The molecule has 2 rings (SSSR count). The van der Waals surface area contributed by atoms with Crippen molar-refractivity contribution in [3.8, 4) is 0 Å². The number of aromatic carboxylic acids is 1. The lowest BCUT2D eigenvalue weighted by atomic mass is 10.1. The predicted molar refractivity (Wildman–Crippen MR) is 60.0 cm³/mol. The van der Waals surface area contributed by atoms with Gasteiger partial charge in [0.05, 0.1) is 12.9 Å². The highest BCUT2D eigenvalue weighted by Crippen LogP contribution is 2.03. The SMILES string of the molecule is O=C(Cn1cnc(C(=O)O)c1)c1ccccc1. The summed E-state index contributed by atoms with van der Waals surface area (Å²) < 4.78 is 1.46. The van der Waals surface area contributed by atoms with E-state index in [4.69, 9.17) is 5.11 Å². The summed E-state index contributed by atoms with van der Waals surface area (Å²) in [6, 6.07) is 8.83. The Labute approximate surface area is 97.3 Å². The van der Waals surface area contributed by atoms with Crippen molar-refractivity contribution >= 4 is 11.8 Å². The van der Waals surface area contributed by atoms with Crippen molar-refractivity contribution in [2.45, 2.75) is 6.54 Å². The van der Waals surface area contributed by atoms with Crippen LogP contribution in [0.4, 0.5) is 0 Å². The molecule has 0 amide bonds. The number of carboxylic acids is 1. The molecular weight excluding hydrogens is 220 g/mol. The van der Waals surface area contributed by atoms with E-state index in [0.717, 1.165) is 0 Å². The Bertz CT molecular complexity index is 546. The van der Waals surface area contributed by atoms with Crippen LogP contribution >= 0.6 is 0 Å². The molecule has 0 saturated heterocycles. The Morgan fingerprint density at radius 3 is 2.53 bits per heavy atom. The zero-order valence-electron chi connectivity index (χ0n) is 8.91. The molecule has 1 aromatic carbocycles. The molecule has 0 aliphatic rings.